The van der Waals surface area contributed by atoms with Crippen LogP contribution >= 0.6 is 0 Å². The number of benzene rings is 3. The van der Waals surface area contributed by atoms with Gasteiger partial charge in [0, 0.05) is 69.8 Å². The normalized spacial score (nSPS) is 10.7. The van der Waals surface area contributed by atoms with Crippen molar-refractivity contribution in [1.29, 1.82) is 5.41 Å². The first kappa shape index (κ1) is 28.4. The van der Waals surface area contributed by atoms with Gasteiger partial charge in [-0.25, -0.2) is 0 Å². The van der Waals surface area contributed by atoms with Gasteiger partial charge in [0.15, 0.2) is 0 Å². The zero-order valence-corrected chi connectivity index (χ0v) is 23.2. The summed E-state index contributed by atoms with van der Waals surface area (Å²) in [5.74, 6) is 0.286. The molecule has 198 valence electrons. The molecular formula is C32H38N4O2. The monoisotopic (exact) mass is 510 g/mol. The molecule has 0 fully saturated rings. The van der Waals surface area contributed by atoms with E-state index >= 15 is 0 Å². The van der Waals surface area contributed by atoms with Gasteiger partial charge in [0.05, 0.1) is 12.1 Å². The lowest BCUT2D eigenvalue weighted by molar-refractivity contribution is -0.128. The maximum absolute atomic E-state index is 12.7. The first-order valence-corrected chi connectivity index (χ1v) is 12.8. The van der Waals surface area contributed by atoms with Crippen molar-refractivity contribution in [2.24, 2.45) is 0 Å². The van der Waals surface area contributed by atoms with Crippen LogP contribution in [0, 0.1) is 5.41 Å². The Morgan fingerprint density at radius 1 is 0.842 bits per heavy atom. The van der Waals surface area contributed by atoms with Crippen molar-refractivity contribution in [2.75, 3.05) is 33.1 Å². The molecular weight excluding hydrogens is 472 g/mol. The third-order valence-corrected chi connectivity index (χ3v) is 6.65. The lowest BCUT2D eigenvalue weighted by atomic mass is 9.95. The quantitative estimate of drug-likeness (QED) is 0.261. The third-order valence-electron chi connectivity index (χ3n) is 6.65. The van der Waals surface area contributed by atoms with E-state index in [0.29, 0.717) is 30.5 Å². The summed E-state index contributed by atoms with van der Waals surface area (Å²) in [4.78, 5) is 30.1. The highest BCUT2D eigenvalue weighted by molar-refractivity contribution is 6.15. The zero-order valence-electron chi connectivity index (χ0n) is 23.2. The molecule has 38 heavy (non-hydrogen) atoms. The average Bonchev–Trinajstić information content (AvgIpc) is 2.88. The number of carbonyl (C=O) groups is 2. The van der Waals surface area contributed by atoms with E-state index in [1.54, 1.807) is 19.0 Å². The van der Waals surface area contributed by atoms with E-state index in [2.05, 4.69) is 13.2 Å². The summed E-state index contributed by atoms with van der Waals surface area (Å²) in [7, 11) is 7.30. The summed E-state index contributed by atoms with van der Waals surface area (Å²) in [6.07, 6.45) is 1.42. The van der Waals surface area contributed by atoms with Gasteiger partial charge >= 0.3 is 0 Å². The molecule has 6 nitrogen and oxygen atoms in total. The van der Waals surface area contributed by atoms with Crippen LogP contribution in [0.5, 0.6) is 0 Å². The van der Waals surface area contributed by atoms with Crippen LogP contribution in [0.2, 0.25) is 0 Å². The van der Waals surface area contributed by atoms with Crippen LogP contribution in [-0.4, -0.2) is 55.5 Å². The number of ketones is 1. The number of anilines is 1. The van der Waals surface area contributed by atoms with Crippen molar-refractivity contribution in [3.63, 3.8) is 0 Å². The molecule has 0 aliphatic heterocycles. The van der Waals surface area contributed by atoms with E-state index in [1.807, 2.05) is 86.6 Å². The molecule has 0 heterocycles. The van der Waals surface area contributed by atoms with Crippen molar-refractivity contribution in [2.45, 2.75) is 32.6 Å². The lowest BCUT2D eigenvalue weighted by Crippen LogP contribution is -2.34. The molecule has 0 unspecified atom stereocenters. The summed E-state index contributed by atoms with van der Waals surface area (Å²) < 4.78 is 0. The zero-order chi connectivity index (χ0) is 28.0. The van der Waals surface area contributed by atoms with Crippen molar-refractivity contribution in [1.82, 2.24) is 9.80 Å². The van der Waals surface area contributed by atoms with Crippen LogP contribution in [0.4, 0.5) is 5.69 Å². The molecule has 6 heteroatoms. The number of hydrogen-bond acceptors (Lipinski definition) is 4. The van der Waals surface area contributed by atoms with Gasteiger partial charge in [0.25, 0.3) is 0 Å². The minimum absolute atomic E-state index is 0.0709. The maximum Gasteiger partial charge on any atom is 0.227 e. The van der Waals surface area contributed by atoms with E-state index in [0.717, 1.165) is 33.3 Å². The first-order valence-electron chi connectivity index (χ1n) is 12.8. The second-order valence-corrected chi connectivity index (χ2v) is 9.91. The van der Waals surface area contributed by atoms with Crippen LogP contribution in [0.15, 0.2) is 85.2 Å². The summed E-state index contributed by atoms with van der Waals surface area (Å²) >= 11 is 0. The average molecular weight is 511 g/mol. The Bertz CT molecular complexity index is 1380. The summed E-state index contributed by atoms with van der Waals surface area (Å²) in [6.45, 7) is 10.3. The smallest absolute Gasteiger partial charge is 0.227 e. The largest absolute Gasteiger partial charge is 0.381 e. The predicted molar refractivity (Wildman–Crippen MR) is 158 cm³/mol. The fourth-order valence-corrected chi connectivity index (χ4v) is 4.25. The number of amidine groups is 1. The Morgan fingerprint density at radius 2 is 1.53 bits per heavy atom. The number of allylic oxidation sites excluding steroid dienone is 1. The Morgan fingerprint density at radius 3 is 2.18 bits per heavy atom. The SMILES string of the molecule is C=C(Cc1cc(CC(=O)CC)ccc1C(=N)N(C(=C)CC(=O)N(C)C)c1cccc2ccccc12)N(C)C. The van der Waals surface area contributed by atoms with Crippen LogP contribution in [0.1, 0.15) is 36.5 Å². The summed E-state index contributed by atoms with van der Waals surface area (Å²) in [5, 5.41) is 11.4. The van der Waals surface area contributed by atoms with Crippen molar-refractivity contribution in [3.05, 3.63) is 102 Å². The van der Waals surface area contributed by atoms with Gasteiger partial charge in [-0.1, -0.05) is 74.7 Å². The number of nitrogens with zero attached hydrogens (tertiary/aromatic N) is 3. The Balaban J connectivity index is 2.17. The molecule has 3 aromatic rings. The molecule has 0 atom stereocenters. The predicted octanol–water partition coefficient (Wildman–Crippen LogP) is 5.80. The van der Waals surface area contributed by atoms with E-state index in [1.165, 1.54) is 4.90 Å². The van der Waals surface area contributed by atoms with Gasteiger partial charge in [-0.05, 0) is 22.6 Å². The van der Waals surface area contributed by atoms with Gasteiger partial charge in [0.1, 0.15) is 11.6 Å². The molecule has 3 aromatic carbocycles. The number of hydrogen-bond donors (Lipinski definition) is 1. The molecule has 0 radical (unpaired) electrons. The van der Waals surface area contributed by atoms with Gasteiger partial charge in [-0.3, -0.25) is 19.9 Å². The number of nitrogens with one attached hydrogen (secondary N) is 1. The maximum atomic E-state index is 12.7. The number of likely N-dealkylation sites (N-methyl/N-ethyl adjacent to an activating group) is 1. The molecule has 0 saturated heterocycles. The minimum Gasteiger partial charge on any atom is -0.381 e. The number of carbonyl (C=O) groups excluding carboxylic acids is 2. The highest BCUT2D eigenvalue weighted by Crippen LogP contribution is 2.32. The van der Waals surface area contributed by atoms with E-state index in [-0.39, 0.29) is 23.9 Å². The van der Waals surface area contributed by atoms with Crippen LogP contribution in [0.3, 0.4) is 0 Å². The highest BCUT2D eigenvalue weighted by atomic mass is 16.2. The highest BCUT2D eigenvalue weighted by Gasteiger charge is 2.24. The van der Waals surface area contributed by atoms with Crippen LogP contribution < -0.4 is 4.90 Å². The van der Waals surface area contributed by atoms with E-state index < -0.39 is 0 Å². The summed E-state index contributed by atoms with van der Waals surface area (Å²) in [6, 6.07) is 19.7. The summed E-state index contributed by atoms with van der Waals surface area (Å²) in [5.41, 5.74) is 4.68. The second kappa shape index (κ2) is 12.4. The molecule has 0 aliphatic rings. The van der Waals surface area contributed by atoms with Gasteiger partial charge < -0.3 is 9.80 Å². The standard InChI is InChI=1S/C32H38N4O2/c1-8-27(37)21-24-16-17-29(26(20-24)18-22(2)34(4)5)32(33)36(23(3)19-31(38)35(6)7)30-15-11-13-25-12-9-10-14-28(25)30/h9-17,20,33H,2-3,8,18-19,21H2,1,4-7H3. The topological polar surface area (TPSA) is 67.7 Å². The van der Waals surface area contributed by atoms with Crippen molar-refractivity contribution >= 4 is 34.0 Å². The molecule has 0 bridgehead atoms. The number of rotatable bonds is 11. The molecule has 0 saturated carbocycles. The molecule has 1 N–H and O–H groups in total. The molecule has 3 rings (SSSR count). The molecule has 0 aromatic heterocycles. The van der Waals surface area contributed by atoms with E-state index in [9.17, 15) is 15.0 Å². The minimum atomic E-state index is -0.0947. The lowest BCUT2D eigenvalue weighted by Gasteiger charge is -2.30. The molecule has 1 amide bonds. The Hall–Kier alpha value is -4.19. The van der Waals surface area contributed by atoms with Crippen molar-refractivity contribution in [3.8, 4) is 0 Å². The van der Waals surface area contributed by atoms with Gasteiger partial charge in [0.2, 0.25) is 5.91 Å². The van der Waals surface area contributed by atoms with Crippen LogP contribution in [-0.2, 0) is 22.4 Å². The fraction of sp³-hybridized carbons (Fsp3) is 0.281. The Labute approximate surface area is 226 Å². The Kier molecular flexibility index (Phi) is 9.24. The van der Waals surface area contributed by atoms with Gasteiger partial charge in [-0.2, -0.15) is 0 Å². The molecule has 0 aliphatic carbocycles. The number of amides is 1. The third kappa shape index (κ3) is 6.57. The number of fused-ring (bicyclic) bond motifs is 1. The van der Waals surface area contributed by atoms with Crippen molar-refractivity contribution < 1.29 is 9.59 Å². The first-order chi connectivity index (χ1) is 18.0. The van der Waals surface area contributed by atoms with Crippen LogP contribution in [0.25, 0.3) is 10.8 Å². The second-order valence-electron chi connectivity index (χ2n) is 9.91. The fourth-order valence-electron chi connectivity index (χ4n) is 4.25. The van der Waals surface area contributed by atoms with E-state index in [4.69, 9.17) is 0 Å². The number of Topliss-reactive ketones (excluding diaryl/α,β-unsaturated/α-hetero) is 1. The molecule has 0 spiro atoms. The van der Waals surface area contributed by atoms with Gasteiger partial charge in [-0.15, -0.1) is 0 Å².